The minimum absolute atomic E-state index is 0.339. The van der Waals surface area contributed by atoms with Gasteiger partial charge in [-0.25, -0.2) is 0 Å². The number of para-hydroxylation sites is 1. The van der Waals surface area contributed by atoms with E-state index in [-0.39, 0.29) is 0 Å². The van der Waals surface area contributed by atoms with Gasteiger partial charge >= 0.3 is 0 Å². The van der Waals surface area contributed by atoms with Gasteiger partial charge in [-0.15, -0.1) is 11.3 Å². The minimum Gasteiger partial charge on any atom is -0.496 e. The molecule has 1 aliphatic heterocycles. The lowest BCUT2D eigenvalue weighted by Crippen LogP contribution is -2.34. The number of benzene rings is 1. The second kappa shape index (κ2) is 8.62. The Kier molecular flexibility index (Phi) is 6.26. The molecule has 2 unspecified atom stereocenters. The van der Waals surface area contributed by atoms with Crippen LogP contribution in [0.25, 0.3) is 0 Å². The first-order valence-electron chi connectivity index (χ1n) is 8.43. The van der Waals surface area contributed by atoms with Crippen molar-refractivity contribution in [3.05, 3.63) is 52.2 Å². The smallest absolute Gasteiger partial charge is 0.124 e. The number of hydrogen-bond acceptors (Lipinski definition) is 5. The van der Waals surface area contributed by atoms with Crippen LogP contribution in [0.1, 0.15) is 29.3 Å². The maximum Gasteiger partial charge on any atom is 0.124 e. The lowest BCUT2D eigenvalue weighted by molar-refractivity contribution is 0.00744. The number of β-amino-alcohol motifs (C(OH)–C–C–N with tert-alkyl or cyclic N) is 1. The number of hydrogen-bond donors (Lipinski definition) is 1. The van der Waals surface area contributed by atoms with Crippen LogP contribution < -0.4 is 4.74 Å². The Hall–Kier alpha value is -1.40. The number of aliphatic hydroxyl groups is 1. The van der Waals surface area contributed by atoms with E-state index < -0.39 is 6.10 Å². The summed E-state index contributed by atoms with van der Waals surface area (Å²) in [5.41, 5.74) is 1.00. The zero-order chi connectivity index (χ0) is 16.8. The number of rotatable bonds is 8. The zero-order valence-corrected chi connectivity index (χ0v) is 14.9. The Morgan fingerprint density at radius 1 is 1.29 bits per heavy atom. The summed E-state index contributed by atoms with van der Waals surface area (Å²) in [5, 5.41) is 12.5. The molecule has 0 saturated carbocycles. The van der Waals surface area contributed by atoms with Crippen LogP contribution >= 0.6 is 11.3 Å². The maximum absolute atomic E-state index is 10.3. The largest absolute Gasteiger partial charge is 0.496 e. The monoisotopic (exact) mass is 347 g/mol. The number of likely N-dealkylation sites (tertiary alicyclic amines) is 1. The summed E-state index contributed by atoms with van der Waals surface area (Å²) < 4.78 is 11.0. The molecule has 2 atom stereocenters. The third kappa shape index (κ3) is 4.36. The first kappa shape index (κ1) is 17.4. The minimum atomic E-state index is -0.472. The molecule has 0 radical (unpaired) electrons. The average molecular weight is 347 g/mol. The predicted octanol–water partition coefficient (Wildman–Crippen LogP) is 3.47. The second-order valence-corrected chi connectivity index (χ2v) is 7.13. The first-order chi connectivity index (χ1) is 11.8. The van der Waals surface area contributed by atoms with Crippen molar-refractivity contribution in [1.82, 2.24) is 4.90 Å². The van der Waals surface area contributed by atoms with Crippen LogP contribution in [0.4, 0.5) is 0 Å². The molecule has 2 aromatic rings. The highest BCUT2D eigenvalue weighted by molar-refractivity contribution is 7.10. The summed E-state index contributed by atoms with van der Waals surface area (Å²) >= 11 is 1.80. The van der Waals surface area contributed by atoms with Gasteiger partial charge < -0.3 is 14.6 Å². The lowest BCUT2D eigenvalue weighted by Gasteiger charge is -2.26. The van der Waals surface area contributed by atoms with Crippen LogP contribution in [0.15, 0.2) is 41.8 Å². The summed E-state index contributed by atoms with van der Waals surface area (Å²) in [6, 6.07) is 12.6. The van der Waals surface area contributed by atoms with Gasteiger partial charge in [0.1, 0.15) is 5.75 Å². The predicted molar refractivity (Wildman–Crippen MR) is 96.5 cm³/mol. The first-order valence-corrected chi connectivity index (χ1v) is 9.31. The van der Waals surface area contributed by atoms with Crippen molar-refractivity contribution < 1.29 is 14.6 Å². The Labute approximate surface area is 147 Å². The van der Waals surface area contributed by atoms with E-state index >= 15 is 0 Å². The molecule has 0 spiro atoms. The summed E-state index contributed by atoms with van der Waals surface area (Å²) in [6.45, 7) is 2.50. The molecule has 5 heteroatoms. The number of nitrogens with zero attached hydrogens (tertiary/aromatic N) is 1. The van der Waals surface area contributed by atoms with E-state index in [9.17, 15) is 5.11 Å². The molecule has 1 aliphatic rings. The van der Waals surface area contributed by atoms with Gasteiger partial charge in [0.15, 0.2) is 0 Å². The molecule has 24 heavy (non-hydrogen) atoms. The van der Waals surface area contributed by atoms with E-state index in [0.717, 1.165) is 17.9 Å². The van der Waals surface area contributed by atoms with Gasteiger partial charge in [-0.05, 0) is 36.9 Å². The molecule has 1 aromatic heterocycles. The van der Waals surface area contributed by atoms with E-state index in [1.165, 1.54) is 17.7 Å². The highest BCUT2D eigenvalue weighted by Gasteiger charge is 2.28. The van der Waals surface area contributed by atoms with E-state index in [1.807, 2.05) is 24.3 Å². The molecule has 4 nitrogen and oxygen atoms in total. The molecule has 1 saturated heterocycles. The quantitative estimate of drug-likeness (QED) is 0.794. The third-order valence-electron chi connectivity index (χ3n) is 4.44. The fourth-order valence-electron chi connectivity index (χ4n) is 3.30. The van der Waals surface area contributed by atoms with Crippen molar-refractivity contribution in [3.8, 4) is 5.75 Å². The topological polar surface area (TPSA) is 41.9 Å². The van der Waals surface area contributed by atoms with Crippen LogP contribution in [0.2, 0.25) is 0 Å². The molecule has 0 amide bonds. The standard InChI is InChI=1S/C19H25NO3S/c1-22-18-8-3-2-6-15(18)13-23-14-16(21)12-20-10-4-7-17(20)19-9-5-11-24-19/h2-3,5-6,8-9,11,16-17,21H,4,7,10,12-14H2,1H3. The number of aliphatic hydroxyl groups excluding tert-OH is 1. The Morgan fingerprint density at radius 2 is 2.17 bits per heavy atom. The summed E-state index contributed by atoms with van der Waals surface area (Å²) in [6.07, 6.45) is 1.90. The third-order valence-corrected chi connectivity index (χ3v) is 5.41. The van der Waals surface area contributed by atoms with E-state index in [0.29, 0.717) is 25.8 Å². The van der Waals surface area contributed by atoms with Crippen molar-refractivity contribution in [2.45, 2.75) is 31.6 Å². The molecule has 1 fully saturated rings. The van der Waals surface area contributed by atoms with Gasteiger partial charge in [0.05, 0.1) is 26.4 Å². The van der Waals surface area contributed by atoms with Gasteiger partial charge in [0.25, 0.3) is 0 Å². The van der Waals surface area contributed by atoms with Crippen molar-refractivity contribution in [3.63, 3.8) is 0 Å². The van der Waals surface area contributed by atoms with Crippen LogP contribution in [0.5, 0.6) is 5.75 Å². The van der Waals surface area contributed by atoms with Crippen molar-refractivity contribution >= 4 is 11.3 Å². The van der Waals surface area contributed by atoms with Gasteiger partial charge in [-0.2, -0.15) is 0 Å². The number of ether oxygens (including phenoxy) is 2. The molecule has 1 N–H and O–H groups in total. The summed E-state index contributed by atoms with van der Waals surface area (Å²) in [5.74, 6) is 0.823. The number of methoxy groups -OCH3 is 1. The summed E-state index contributed by atoms with van der Waals surface area (Å²) in [7, 11) is 1.66. The van der Waals surface area contributed by atoms with Crippen molar-refractivity contribution in [2.75, 3.05) is 26.8 Å². The number of thiophene rings is 1. The lowest BCUT2D eigenvalue weighted by atomic mass is 10.2. The van der Waals surface area contributed by atoms with Crippen LogP contribution in [0, 0.1) is 0 Å². The molecule has 2 heterocycles. The highest BCUT2D eigenvalue weighted by atomic mass is 32.1. The molecular weight excluding hydrogens is 322 g/mol. The van der Waals surface area contributed by atoms with Crippen molar-refractivity contribution in [2.24, 2.45) is 0 Å². The van der Waals surface area contributed by atoms with Gasteiger partial charge in [-0.1, -0.05) is 24.3 Å². The SMILES string of the molecule is COc1ccccc1COCC(O)CN1CCCC1c1cccs1. The molecule has 0 bridgehead atoms. The highest BCUT2D eigenvalue weighted by Crippen LogP contribution is 2.34. The van der Waals surface area contributed by atoms with E-state index in [2.05, 4.69) is 22.4 Å². The average Bonchev–Trinajstić information content (AvgIpc) is 3.26. The van der Waals surface area contributed by atoms with Crippen LogP contribution in [0.3, 0.4) is 0 Å². The summed E-state index contributed by atoms with van der Waals surface area (Å²) in [4.78, 5) is 3.78. The van der Waals surface area contributed by atoms with Gasteiger partial charge in [-0.3, -0.25) is 4.90 Å². The molecule has 3 rings (SSSR count). The maximum atomic E-state index is 10.3. The molecule has 1 aromatic carbocycles. The molecule has 0 aliphatic carbocycles. The Balaban J connectivity index is 1.46. The van der Waals surface area contributed by atoms with E-state index in [1.54, 1.807) is 18.4 Å². The Morgan fingerprint density at radius 3 is 2.96 bits per heavy atom. The molecule has 130 valence electrons. The van der Waals surface area contributed by atoms with Crippen molar-refractivity contribution in [1.29, 1.82) is 0 Å². The van der Waals surface area contributed by atoms with Crippen LogP contribution in [-0.2, 0) is 11.3 Å². The Bertz CT molecular complexity index is 617. The molecular formula is C19H25NO3S. The second-order valence-electron chi connectivity index (χ2n) is 6.15. The van der Waals surface area contributed by atoms with E-state index in [4.69, 9.17) is 9.47 Å². The fourth-order valence-corrected chi connectivity index (χ4v) is 4.19. The van der Waals surface area contributed by atoms with Crippen LogP contribution in [-0.4, -0.2) is 42.9 Å². The zero-order valence-electron chi connectivity index (χ0n) is 14.1. The normalized spacial score (nSPS) is 19.5. The fraction of sp³-hybridized carbons (Fsp3) is 0.474. The van der Waals surface area contributed by atoms with Gasteiger partial charge in [0, 0.05) is 23.0 Å². The van der Waals surface area contributed by atoms with Gasteiger partial charge in [0.2, 0.25) is 0 Å².